The third-order valence-electron chi connectivity index (χ3n) is 2.70. The Bertz CT molecular complexity index is 471. The van der Waals surface area contributed by atoms with Crippen LogP contribution in [0.1, 0.15) is 13.3 Å². The van der Waals surface area contributed by atoms with Gasteiger partial charge in [0, 0.05) is 17.2 Å². The molecule has 0 spiro atoms. The van der Waals surface area contributed by atoms with Crippen LogP contribution >= 0.6 is 11.8 Å². The Labute approximate surface area is 119 Å². The van der Waals surface area contributed by atoms with E-state index in [1.807, 2.05) is 19.1 Å². The van der Waals surface area contributed by atoms with Crippen LogP contribution in [0, 0.1) is 0 Å². The number of likely N-dealkylation sites (N-methyl/N-ethyl adjacent to an activating group) is 1. The first-order valence-corrected chi connectivity index (χ1v) is 9.12. The van der Waals surface area contributed by atoms with Gasteiger partial charge in [0.15, 0.2) is 9.84 Å². The molecular formula is C13H21NO3S2. The van der Waals surface area contributed by atoms with Crippen LogP contribution in [-0.4, -0.2) is 44.7 Å². The summed E-state index contributed by atoms with van der Waals surface area (Å²) in [6.07, 6.45) is 2.08. The van der Waals surface area contributed by atoms with Gasteiger partial charge >= 0.3 is 0 Å². The molecule has 0 saturated carbocycles. The van der Waals surface area contributed by atoms with Crippen LogP contribution in [-0.2, 0) is 9.84 Å². The molecule has 19 heavy (non-hydrogen) atoms. The number of aliphatic hydroxyl groups excluding tert-OH is 1. The van der Waals surface area contributed by atoms with E-state index in [9.17, 15) is 8.42 Å². The Hall–Kier alpha value is -0.560. The zero-order valence-electron chi connectivity index (χ0n) is 11.3. The van der Waals surface area contributed by atoms with Gasteiger partial charge in [-0.3, -0.25) is 0 Å². The molecule has 1 atom stereocenters. The van der Waals surface area contributed by atoms with Crippen LogP contribution in [0.5, 0.6) is 0 Å². The second-order valence-corrected chi connectivity index (χ2v) is 7.50. The van der Waals surface area contributed by atoms with E-state index in [0.29, 0.717) is 4.90 Å². The number of nitrogens with one attached hydrogen (secondary N) is 1. The maximum Gasteiger partial charge on any atom is 0.175 e. The molecular weight excluding hydrogens is 282 g/mol. The summed E-state index contributed by atoms with van der Waals surface area (Å²) in [5, 5.41) is 12.3. The van der Waals surface area contributed by atoms with Crippen molar-refractivity contribution in [2.75, 3.05) is 25.2 Å². The van der Waals surface area contributed by atoms with Crippen LogP contribution in [0.15, 0.2) is 34.1 Å². The van der Waals surface area contributed by atoms with Gasteiger partial charge in [-0.25, -0.2) is 8.42 Å². The zero-order chi connectivity index (χ0) is 14.3. The fraction of sp³-hybridized carbons (Fsp3) is 0.538. The van der Waals surface area contributed by atoms with Crippen molar-refractivity contribution in [1.29, 1.82) is 0 Å². The van der Waals surface area contributed by atoms with Gasteiger partial charge < -0.3 is 10.4 Å². The summed E-state index contributed by atoms with van der Waals surface area (Å²) >= 11 is 1.66. The van der Waals surface area contributed by atoms with Crippen LogP contribution in [0.3, 0.4) is 0 Å². The minimum atomic E-state index is -3.12. The highest BCUT2D eigenvalue weighted by Crippen LogP contribution is 2.21. The van der Waals surface area contributed by atoms with E-state index in [2.05, 4.69) is 5.32 Å². The molecule has 4 nitrogen and oxygen atoms in total. The van der Waals surface area contributed by atoms with E-state index in [1.165, 1.54) is 6.26 Å². The molecule has 0 aliphatic carbocycles. The third kappa shape index (κ3) is 5.95. The summed E-state index contributed by atoms with van der Waals surface area (Å²) in [7, 11) is -3.12. The first-order chi connectivity index (χ1) is 8.97. The quantitative estimate of drug-likeness (QED) is 0.713. The second-order valence-electron chi connectivity index (χ2n) is 4.32. The number of thioether (sulfide) groups is 1. The van der Waals surface area contributed by atoms with Crippen molar-refractivity contribution in [3.05, 3.63) is 24.3 Å². The number of rotatable bonds is 8. The molecule has 1 aromatic rings. The highest BCUT2D eigenvalue weighted by Gasteiger charge is 2.07. The summed E-state index contributed by atoms with van der Waals surface area (Å²) in [4.78, 5) is 1.39. The number of benzene rings is 1. The van der Waals surface area contributed by atoms with Crippen LogP contribution < -0.4 is 5.32 Å². The molecule has 108 valence electrons. The van der Waals surface area contributed by atoms with E-state index >= 15 is 0 Å². The summed E-state index contributed by atoms with van der Waals surface area (Å²) in [5.74, 6) is 0.885. The highest BCUT2D eigenvalue weighted by atomic mass is 32.2. The third-order valence-corrected chi connectivity index (χ3v) is 4.87. The van der Waals surface area contributed by atoms with Gasteiger partial charge in [-0.2, -0.15) is 0 Å². The van der Waals surface area contributed by atoms with E-state index in [1.54, 1.807) is 23.9 Å². The first kappa shape index (κ1) is 16.5. The predicted molar refractivity (Wildman–Crippen MR) is 79.4 cm³/mol. The summed E-state index contributed by atoms with van der Waals surface area (Å²) in [6, 6.07) is 7.04. The monoisotopic (exact) mass is 303 g/mol. The molecule has 0 aliphatic rings. The average Bonchev–Trinajstić information content (AvgIpc) is 2.37. The number of aliphatic hydroxyl groups is 1. The molecule has 6 heteroatoms. The largest absolute Gasteiger partial charge is 0.395 e. The summed E-state index contributed by atoms with van der Waals surface area (Å²) < 4.78 is 22.6. The van der Waals surface area contributed by atoms with Gasteiger partial charge in [0.1, 0.15) is 0 Å². The van der Waals surface area contributed by atoms with Crippen LogP contribution in [0.2, 0.25) is 0 Å². The van der Waals surface area contributed by atoms with Crippen molar-refractivity contribution in [2.24, 2.45) is 0 Å². The Morgan fingerprint density at radius 2 is 1.95 bits per heavy atom. The van der Waals surface area contributed by atoms with E-state index in [4.69, 9.17) is 5.11 Å². The molecule has 0 radical (unpaired) electrons. The SMILES string of the molecule is CCNC(CO)CCSc1ccc(S(C)(=O)=O)cc1. The minimum absolute atomic E-state index is 0.132. The van der Waals surface area contributed by atoms with Crippen molar-refractivity contribution in [3.8, 4) is 0 Å². The van der Waals surface area contributed by atoms with Crippen molar-refractivity contribution >= 4 is 21.6 Å². The Morgan fingerprint density at radius 1 is 1.32 bits per heavy atom. The summed E-state index contributed by atoms with van der Waals surface area (Å²) in [5.41, 5.74) is 0. The molecule has 0 bridgehead atoms. The fourth-order valence-electron chi connectivity index (χ4n) is 1.65. The molecule has 0 fully saturated rings. The molecule has 1 unspecified atom stereocenters. The first-order valence-electron chi connectivity index (χ1n) is 6.24. The van der Waals surface area contributed by atoms with E-state index in [0.717, 1.165) is 23.6 Å². The van der Waals surface area contributed by atoms with Gasteiger partial charge in [-0.1, -0.05) is 6.92 Å². The lowest BCUT2D eigenvalue weighted by molar-refractivity contribution is 0.242. The van der Waals surface area contributed by atoms with Gasteiger partial charge in [0.05, 0.1) is 11.5 Å². The molecule has 1 rings (SSSR count). The molecule has 1 aromatic carbocycles. The van der Waals surface area contributed by atoms with Crippen molar-refractivity contribution in [2.45, 2.75) is 29.2 Å². The highest BCUT2D eigenvalue weighted by molar-refractivity contribution is 7.99. The van der Waals surface area contributed by atoms with Crippen molar-refractivity contribution in [1.82, 2.24) is 5.32 Å². The Kier molecular flexibility index (Phi) is 6.85. The lowest BCUT2D eigenvalue weighted by Crippen LogP contribution is -2.32. The number of sulfone groups is 1. The van der Waals surface area contributed by atoms with Crippen LogP contribution in [0.25, 0.3) is 0 Å². The predicted octanol–water partition coefficient (Wildman–Crippen LogP) is 1.54. The van der Waals surface area contributed by atoms with E-state index in [-0.39, 0.29) is 12.6 Å². The van der Waals surface area contributed by atoms with Gasteiger partial charge in [-0.05, 0) is 43.0 Å². The number of hydrogen-bond donors (Lipinski definition) is 2. The molecule has 0 aromatic heterocycles. The maximum absolute atomic E-state index is 11.3. The average molecular weight is 303 g/mol. The van der Waals surface area contributed by atoms with Crippen molar-refractivity contribution in [3.63, 3.8) is 0 Å². The standard InChI is InChI=1S/C13H21NO3S2/c1-3-14-11(10-15)8-9-18-12-4-6-13(7-5-12)19(2,16)17/h4-7,11,14-15H,3,8-10H2,1-2H3. The molecule has 0 amide bonds. The topological polar surface area (TPSA) is 66.4 Å². The molecule has 0 heterocycles. The normalized spacial score (nSPS) is 13.4. The molecule has 0 saturated heterocycles. The van der Waals surface area contributed by atoms with E-state index < -0.39 is 9.84 Å². The van der Waals surface area contributed by atoms with Crippen molar-refractivity contribution < 1.29 is 13.5 Å². The smallest absolute Gasteiger partial charge is 0.175 e. The Balaban J connectivity index is 2.46. The minimum Gasteiger partial charge on any atom is -0.395 e. The Morgan fingerprint density at radius 3 is 2.42 bits per heavy atom. The van der Waals surface area contributed by atoms with Gasteiger partial charge in [0.2, 0.25) is 0 Å². The molecule has 2 N–H and O–H groups in total. The fourth-order valence-corrected chi connectivity index (χ4v) is 3.25. The van der Waals surface area contributed by atoms with Gasteiger partial charge in [-0.15, -0.1) is 11.8 Å². The maximum atomic E-state index is 11.3. The second kappa shape index (κ2) is 7.89. The molecule has 0 aliphatic heterocycles. The zero-order valence-corrected chi connectivity index (χ0v) is 12.9. The van der Waals surface area contributed by atoms with Gasteiger partial charge in [0.25, 0.3) is 0 Å². The lowest BCUT2D eigenvalue weighted by Gasteiger charge is -2.14. The summed E-state index contributed by atoms with van der Waals surface area (Å²) in [6.45, 7) is 3.00. The lowest BCUT2D eigenvalue weighted by atomic mass is 10.2. The van der Waals surface area contributed by atoms with Crippen LogP contribution in [0.4, 0.5) is 0 Å². The number of hydrogen-bond acceptors (Lipinski definition) is 5.